The fourth-order valence-corrected chi connectivity index (χ4v) is 5.52. The fourth-order valence-electron chi connectivity index (χ4n) is 2.87. The van der Waals surface area contributed by atoms with Gasteiger partial charge in [-0.2, -0.15) is 0 Å². The Hall–Kier alpha value is 0.827. The first-order valence-corrected chi connectivity index (χ1v) is 12.3. The molecule has 2 rings (SSSR count). The van der Waals surface area contributed by atoms with Crippen LogP contribution in [0.25, 0.3) is 0 Å². The number of hydrogen-bond donors (Lipinski definition) is 0. The zero-order valence-corrected chi connectivity index (χ0v) is 17.0. The van der Waals surface area contributed by atoms with E-state index in [1.54, 1.807) is 0 Å². The zero-order chi connectivity index (χ0) is 15.3. The summed E-state index contributed by atoms with van der Waals surface area (Å²) in [4.78, 5) is 0. The van der Waals surface area contributed by atoms with E-state index >= 15 is 0 Å². The monoisotopic (exact) mass is 412 g/mol. The number of ether oxygens (including phenoxy) is 3. The molecule has 2 aliphatic heterocycles. The Bertz CT molecular complexity index is 365. The van der Waals surface area contributed by atoms with Crippen LogP contribution in [0.4, 0.5) is 0 Å². The van der Waals surface area contributed by atoms with Crippen LogP contribution in [0.5, 0.6) is 0 Å². The van der Waals surface area contributed by atoms with Crippen LogP contribution in [-0.4, -0.2) is 42.7 Å². The third-order valence-corrected chi connectivity index (χ3v) is 11.5. The van der Waals surface area contributed by atoms with Gasteiger partial charge in [-0.05, 0) is 24.9 Å². The zero-order valence-electron chi connectivity index (χ0n) is 13.8. The lowest BCUT2D eigenvalue weighted by Gasteiger charge is -2.39. The van der Waals surface area contributed by atoms with Crippen molar-refractivity contribution in [1.82, 2.24) is 0 Å². The summed E-state index contributed by atoms with van der Waals surface area (Å²) < 4.78 is 19.5. The molecule has 0 aromatic carbocycles. The van der Waals surface area contributed by atoms with E-state index in [1.165, 1.54) is 0 Å². The highest BCUT2D eigenvalue weighted by Crippen LogP contribution is 2.46. The Balaban J connectivity index is 2.14. The van der Waals surface area contributed by atoms with Crippen molar-refractivity contribution in [3.8, 4) is 0 Å². The number of fused-ring (bicyclic) bond motifs is 1. The van der Waals surface area contributed by atoms with Crippen LogP contribution in [0, 0.1) is 0 Å². The molecule has 118 valence electrons. The van der Waals surface area contributed by atoms with Crippen LogP contribution in [0.1, 0.15) is 34.6 Å². The third-order valence-electron chi connectivity index (χ3n) is 5.14. The lowest BCUT2D eigenvalue weighted by atomic mass is 10.1. The van der Waals surface area contributed by atoms with Crippen molar-refractivity contribution < 1.29 is 14.2 Å². The maximum Gasteiger partial charge on any atom is 0.164 e. The summed E-state index contributed by atoms with van der Waals surface area (Å²) in [5.74, 6) is -0.463. The van der Waals surface area contributed by atoms with Gasteiger partial charge in [-0.3, -0.25) is 0 Å². The Morgan fingerprint density at radius 3 is 2.00 bits per heavy atom. The largest absolute Gasteiger partial charge is 0.369 e. The van der Waals surface area contributed by atoms with Gasteiger partial charge in [0, 0.05) is 4.43 Å². The molecule has 0 saturated carbocycles. The van der Waals surface area contributed by atoms with Crippen LogP contribution in [0.2, 0.25) is 24.2 Å². The molecule has 5 heteroatoms. The van der Waals surface area contributed by atoms with Gasteiger partial charge in [0.05, 0.1) is 20.3 Å². The van der Waals surface area contributed by atoms with Gasteiger partial charge in [0.2, 0.25) is 0 Å². The molecule has 2 heterocycles. The highest BCUT2D eigenvalue weighted by molar-refractivity contribution is 14.1. The van der Waals surface area contributed by atoms with E-state index in [-0.39, 0.29) is 24.4 Å². The van der Waals surface area contributed by atoms with Gasteiger partial charge < -0.3 is 14.2 Å². The molecule has 0 amide bonds. The molecule has 0 aromatic heterocycles. The summed E-state index contributed by atoms with van der Waals surface area (Å²) >= 11 is 2.39. The minimum absolute atomic E-state index is 0.108. The van der Waals surface area contributed by atoms with Gasteiger partial charge >= 0.3 is 0 Å². The number of halogens is 1. The maximum absolute atomic E-state index is 6.28. The molecule has 2 aliphatic rings. The summed E-state index contributed by atoms with van der Waals surface area (Å²) in [6, 6.07) is 1.14. The number of rotatable bonds is 3. The average molecular weight is 412 g/mol. The molecule has 0 aliphatic carbocycles. The predicted molar refractivity (Wildman–Crippen MR) is 93.4 cm³/mol. The molecular formula is C15H29IO3Si. The molecule has 2 fully saturated rings. The van der Waals surface area contributed by atoms with E-state index < -0.39 is 13.9 Å². The standard InChI is InChI=1S/C15H29IO3Si/c1-14(2,3)20(6,7)9-11-13-12(10(8-16)17-11)18-15(4,5)19-13/h10-13H,8-9H2,1-7H3/t10-,11+,12+,13-/m1/s1. The van der Waals surface area contributed by atoms with E-state index in [0.717, 1.165) is 10.5 Å². The molecule has 0 spiro atoms. The van der Waals surface area contributed by atoms with Crippen molar-refractivity contribution in [3.05, 3.63) is 0 Å². The molecule has 20 heavy (non-hydrogen) atoms. The van der Waals surface area contributed by atoms with Gasteiger partial charge in [-0.1, -0.05) is 56.5 Å². The van der Waals surface area contributed by atoms with E-state index in [0.29, 0.717) is 5.04 Å². The fraction of sp³-hybridized carbons (Fsp3) is 1.00. The van der Waals surface area contributed by atoms with Crippen LogP contribution in [0.3, 0.4) is 0 Å². The van der Waals surface area contributed by atoms with Crippen LogP contribution in [0.15, 0.2) is 0 Å². The summed E-state index contributed by atoms with van der Waals surface area (Å²) in [5.41, 5.74) is 0. The molecule has 0 bridgehead atoms. The number of hydrogen-bond acceptors (Lipinski definition) is 3. The smallest absolute Gasteiger partial charge is 0.164 e. The van der Waals surface area contributed by atoms with Crippen molar-refractivity contribution >= 4 is 30.7 Å². The highest BCUT2D eigenvalue weighted by Gasteiger charge is 2.56. The lowest BCUT2D eigenvalue weighted by molar-refractivity contribution is -0.182. The topological polar surface area (TPSA) is 27.7 Å². The van der Waals surface area contributed by atoms with Crippen molar-refractivity contribution in [3.63, 3.8) is 0 Å². The van der Waals surface area contributed by atoms with E-state index in [4.69, 9.17) is 14.2 Å². The van der Waals surface area contributed by atoms with E-state index in [9.17, 15) is 0 Å². The van der Waals surface area contributed by atoms with Gasteiger partial charge in [0.1, 0.15) is 12.2 Å². The van der Waals surface area contributed by atoms with E-state index in [2.05, 4.69) is 56.5 Å². The van der Waals surface area contributed by atoms with Crippen molar-refractivity contribution in [2.24, 2.45) is 0 Å². The SMILES string of the molecule is CC1(C)O[C@@H]2[C@H](O1)[C@H](C[Si](C)(C)C(C)(C)C)O[C@@H]2CI. The van der Waals surface area contributed by atoms with Crippen molar-refractivity contribution in [1.29, 1.82) is 0 Å². The van der Waals surface area contributed by atoms with Crippen molar-refractivity contribution in [2.75, 3.05) is 4.43 Å². The third kappa shape index (κ3) is 3.26. The molecular weight excluding hydrogens is 383 g/mol. The first-order valence-electron chi connectivity index (χ1n) is 7.54. The number of alkyl halides is 1. The van der Waals surface area contributed by atoms with Gasteiger partial charge in [0.15, 0.2) is 5.79 Å². The minimum Gasteiger partial charge on any atom is -0.369 e. The second kappa shape index (κ2) is 5.48. The first kappa shape index (κ1) is 17.2. The molecule has 0 aromatic rings. The Kier molecular flexibility index (Phi) is 4.70. The normalized spacial score (nSPS) is 37.2. The summed E-state index contributed by atoms with van der Waals surface area (Å²) in [6.07, 6.45) is 0.593. The molecule has 0 radical (unpaired) electrons. The first-order chi connectivity index (χ1) is 8.97. The second-order valence-corrected chi connectivity index (χ2v) is 14.8. The van der Waals surface area contributed by atoms with Crippen LogP contribution < -0.4 is 0 Å². The Labute approximate surface area is 138 Å². The van der Waals surface area contributed by atoms with Crippen LogP contribution in [-0.2, 0) is 14.2 Å². The predicted octanol–water partition coefficient (Wildman–Crippen LogP) is 4.22. The summed E-state index contributed by atoms with van der Waals surface area (Å²) in [6.45, 7) is 16.0. The second-order valence-electron chi connectivity index (χ2n) is 8.27. The Morgan fingerprint density at radius 1 is 1.05 bits per heavy atom. The molecule has 0 N–H and O–H groups in total. The molecule has 2 saturated heterocycles. The average Bonchev–Trinajstić information content (AvgIpc) is 2.71. The van der Waals surface area contributed by atoms with Gasteiger partial charge in [0.25, 0.3) is 0 Å². The van der Waals surface area contributed by atoms with Gasteiger partial charge in [-0.25, -0.2) is 0 Å². The maximum atomic E-state index is 6.28. The molecule has 3 nitrogen and oxygen atoms in total. The molecule has 4 atom stereocenters. The van der Waals surface area contributed by atoms with Crippen LogP contribution >= 0.6 is 22.6 Å². The summed E-state index contributed by atoms with van der Waals surface area (Å²) in [5, 5.41) is 0.378. The minimum atomic E-state index is -1.38. The highest BCUT2D eigenvalue weighted by atomic mass is 127. The summed E-state index contributed by atoms with van der Waals surface area (Å²) in [7, 11) is -1.38. The Morgan fingerprint density at radius 2 is 1.55 bits per heavy atom. The lowest BCUT2D eigenvalue weighted by Crippen LogP contribution is -2.43. The van der Waals surface area contributed by atoms with Gasteiger partial charge in [-0.15, -0.1) is 0 Å². The van der Waals surface area contributed by atoms with E-state index in [1.807, 2.05) is 13.8 Å². The molecule has 0 unspecified atom stereocenters. The quantitative estimate of drug-likeness (QED) is 0.395. The van der Waals surface area contributed by atoms with Crippen molar-refractivity contribution in [2.45, 2.75) is 89.0 Å².